The number of phosphoric ester groups is 1. The molecular formula is C50H81N4O15P. The molecule has 2 aliphatic heterocycles. The molecule has 2 fully saturated rings. The van der Waals surface area contributed by atoms with E-state index in [1.54, 1.807) is 45.8 Å². The Kier molecular flexibility index (Phi) is 23.5. The molecule has 0 aromatic carbocycles. The van der Waals surface area contributed by atoms with E-state index in [2.05, 4.69) is 10.3 Å². The summed E-state index contributed by atoms with van der Waals surface area (Å²) in [5, 5.41) is 67.1. The summed E-state index contributed by atoms with van der Waals surface area (Å²) in [7, 11) is 1.12. The van der Waals surface area contributed by atoms with Gasteiger partial charge in [-0.1, -0.05) is 77.5 Å². The van der Waals surface area contributed by atoms with Gasteiger partial charge in [-0.25, -0.2) is 9.55 Å². The maximum atomic E-state index is 12.6. The van der Waals surface area contributed by atoms with Gasteiger partial charge < -0.3 is 68.9 Å². The van der Waals surface area contributed by atoms with Crippen molar-refractivity contribution in [1.82, 2.24) is 15.2 Å². The summed E-state index contributed by atoms with van der Waals surface area (Å²) in [5.74, 6) is -3.63. The normalized spacial score (nSPS) is 27.6. The van der Waals surface area contributed by atoms with E-state index < -0.39 is 97.7 Å². The van der Waals surface area contributed by atoms with Crippen molar-refractivity contribution in [3.63, 3.8) is 0 Å². The van der Waals surface area contributed by atoms with Gasteiger partial charge >= 0.3 is 7.82 Å². The first-order valence-electron chi connectivity index (χ1n) is 23.8. The first-order valence-corrected chi connectivity index (χ1v) is 25.4. The number of methoxy groups -OCH3 is 2. The zero-order valence-corrected chi connectivity index (χ0v) is 44.0. The number of carbonyl (C=O) groups is 1. The average molecular weight is 1010 g/mol. The average Bonchev–Trinajstić information content (AvgIpc) is 3.84. The molecule has 3 rings (SSSR count). The molecule has 2 unspecified atom stereocenters. The standard InChI is InChI=1S/C50H81N4O15P/c1-29(20-22-51)16-14-17-30(2)32(4)24-33(5)42(57)35(7)38(55)25-41(65-13)45-46(69-70(61,62)63)49(8,9)50(68-45)26-39(56)34(6)40(67-50)19-15-18-36-27-66-48(53-36)31(3)21-23-52-47(60)44(59)43(58)37(28-64-12)54(10)11/h14-18,20,24,27,31,33-35,37-46,55-59H,19,21,23,25-26,28H2,1-13H3,(H,52,60)(H2,61,62,63)/b16-14-,18-15+,29-20-,30-17+,32-24+/t31-,33+,34-,35-,37-,38-,39+,40-,41-,42+,43-,44-,45?,46-,50?/m1/s1. The van der Waals surface area contributed by atoms with E-state index in [1.807, 2.05) is 78.0 Å². The lowest BCUT2D eigenvalue weighted by Crippen LogP contribution is -2.58. The van der Waals surface area contributed by atoms with E-state index in [9.17, 15) is 44.7 Å². The molecule has 1 aromatic rings. The molecule has 19 nitrogen and oxygen atoms in total. The number of nitriles is 1. The number of oxazole rings is 1. The Morgan fingerprint density at radius 2 is 1.76 bits per heavy atom. The summed E-state index contributed by atoms with van der Waals surface area (Å²) < 4.78 is 48.2. The monoisotopic (exact) mass is 1010 g/mol. The molecule has 2 aliphatic rings. The topological polar surface area (TPSA) is 287 Å². The highest BCUT2D eigenvalue weighted by Crippen LogP contribution is 2.59. The second-order valence-electron chi connectivity index (χ2n) is 19.9. The number of allylic oxidation sites excluding steroid dienone is 7. The van der Waals surface area contributed by atoms with E-state index >= 15 is 0 Å². The van der Waals surface area contributed by atoms with Crippen LogP contribution in [0, 0.1) is 34.5 Å². The lowest BCUT2D eigenvalue weighted by molar-refractivity contribution is -0.334. The Hall–Kier alpha value is -3.42. The van der Waals surface area contributed by atoms with Gasteiger partial charge in [-0.3, -0.25) is 9.32 Å². The first kappa shape index (κ1) is 60.9. The van der Waals surface area contributed by atoms with Gasteiger partial charge in [0.2, 0.25) is 0 Å². The number of hydrogen-bond acceptors (Lipinski definition) is 16. The van der Waals surface area contributed by atoms with Crippen LogP contribution in [0.1, 0.15) is 105 Å². The van der Waals surface area contributed by atoms with E-state index in [-0.39, 0.29) is 44.2 Å². The second kappa shape index (κ2) is 27.0. The predicted octanol–water partition coefficient (Wildman–Crippen LogP) is 4.69. The molecule has 0 aliphatic carbocycles. The SMILES string of the molecule is COC[C@H]([C@@H](O)[C@@H](O)C(=O)NCC[C@@H](C)c1nc(/C=C/C[C@H]2OC3(C[C@H](O)[C@H]2C)OC([C@@H](C[C@@H](O)[C@@H](C)[C@@H](O)[C@@H](C)/C=C(C)/C(C)=C/C=C\C(C)=C/C#N)OC)[C@@H](OP(=O)(O)O)C3(C)C)co1)N(C)C. The van der Waals surface area contributed by atoms with Crippen LogP contribution in [0.5, 0.6) is 0 Å². The second-order valence-corrected chi connectivity index (χ2v) is 21.1. The summed E-state index contributed by atoms with van der Waals surface area (Å²) in [6.45, 7) is 16.6. The van der Waals surface area contributed by atoms with Crippen molar-refractivity contribution in [2.45, 2.75) is 161 Å². The molecule has 396 valence electrons. The summed E-state index contributed by atoms with van der Waals surface area (Å²) in [4.78, 5) is 39.2. The van der Waals surface area contributed by atoms with Crippen molar-refractivity contribution in [2.24, 2.45) is 23.2 Å². The number of phosphoric acid groups is 1. The molecule has 0 saturated carbocycles. The summed E-state index contributed by atoms with van der Waals surface area (Å²) in [6, 6.07) is 1.40. The van der Waals surface area contributed by atoms with Gasteiger partial charge in [0.25, 0.3) is 5.91 Å². The Morgan fingerprint density at radius 3 is 2.36 bits per heavy atom. The minimum absolute atomic E-state index is 0.0645. The largest absolute Gasteiger partial charge is 0.469 e. The predicted molar refractivity (Wildman–Crippen MR) is 262 cm³/mol. The number of ether oxygens (including phenoxy) is 4. The highest BCUT2D eigenvalue weighted by molar-refractivity contribution is 7.46. The minimum Gasteiger partial charge on any atom is -0.448 e. The van der Waals surface area contributed by atoms with E-state index in [0.717, 1.165) is 16.7 Å². The Morgan fingerprint density at radius 1 is 1.09 bits per heavy atom. The number of aliphatic hydroxyl groups excluding tert-OH is 5. The first-order chi connectivity index (χ1) is 32.6. The number of aliphatic hydroxyl groups is 5. The van der Waals surface area contributed by atoms with Crippen molar-refractivity contribution in [3.8, 4) is 6.07 Å². The zero-order chi connectivity index (χ0) is 52.9. The number of rotatable bonds is 26. The number of likely N-dealkylation sites (N-methyl/N-ethyl adjacent to an activating group) is 1. The zero-order valence-electron chi connectivity index (χ0n) is 43.1. The van der Waals surface area contributed by atoms with Gasteiger partial charge in [0, 0.05) is 68.8 Å². The lowest BCUT2D eigenvalue weighted by Gasteiger charge is -2.50. The van der Waals surface area contributed by atoms with Crippen LogP contribution in [-0.4, -0.2) is 159 Å². The summed E-state index contributed by atoms with van der Waals surface area (Å²) in [5.41, 5.74) is 1.87. The fourth-order valence-corrected chi connectivity index (χ4v) is 9.64. The Bertz CT molecular complexity index is 2080. The fourth-order valence-electron chi connectivity index (χ4n) is 8.96. The number of aromatic nitrogens is 1. The maximum Gasteiger partial charge on any atom is 0.469 e. The number of nitrogens with zero attached hydrogens (tertiary/aromatic N) is 3. The molecule has 0 radical (unpaired) electrons. The summed E-state index contributed by atoms with van der Waals surface area (Å²) >= 11 is 0. The van der Waals surface area contributed by atoms with E-state index in [1.165, 1.54) is 26.6 Å². The van der Waals surface area contributed by atoms with Crippen LogP contribution in [0.4, 0.5) is 0 Å². The highest BCUT2D eigenvalue weighted by atomic mass is 31.2. The highest BCUT2D eigenvalue weighted by Gasteiger charge is 2.68. The number of carbonyl (C=O) groups excluding carboxylic acids is 1. The fraction of sp³-hybridized carbons (Fsp3) is 0.700. The third-order valence-electron chi connectivity index (χ3n) is 14.0. The number of amides is 1. The molecule has 0 bridgehead atoms. The van der Waals surface area contributed by atoms with E-state index in [0.29, 0.717) is 18.0 Å². The van der Waals surface area contributed by atoms with Gasteiger partial charge in [-0.15, -0.1) is 0 Å². The van der Waals surface area contributed by atoms with Crippen LogP contribution >= 0.6 is 7.82 Å². The molecule has 20 heteroatoms. The molecule has 15 atom stereocenters. The minimum atomic E-state index is -5.15. The van der Waals surface area contributed by atoms with Crippen molar-refractivity contribution < 1.29 is 72.6 Å². The number of nitrogens with one attached hydrogen (secondary N) is 1. The molecule has 1 aromatic heterocycles. The van der Waals surface area contributed by atoms with Crippen LogP contribution in [-0.2, 0) is 32.8 Å². The van der Waals surface area contributed by atoms with Crippen molar-refractivity contribution in [1.29, 1.82) is 5.26 Å². The van der Waals surface area contributed by atoms with Gasteiger partial charge in [-0.05, 0) is 64.9 Å². The van der Waals surface area contributed by atoms with Crippen LogP contribution < -0.4 is 5.32 Å². The number of hydrogen-bond donors (Lipinski definition) is 8. The molecular weight excluding hydrogens is 928 g/mol. The van der Waals surface area contributed by atoms with Gasteiger partial charge in [-0.2, -0.15) is 5.26 Å². The van der Waals surface area contributed by atoms with Gasteiger partial charge in [0.1, 0.15) is 30.3 Å². The molecule has 1 spiro atoms. The van der Waals surface area contributed by atoms with Crippen molar-refractivity contribution in [2.75, 3.05) is 41.5 Å². The molecule has 70 heavy (non-hydrogen) atoms. The Labute approximate surface area is 414 Å². The van der Waals surface area contributed by atoms with Crippen LogP contribution in [0.3, 0.4) is 0 Å². The summed E-state index contributed by atoms with van der Waals surface area (Å²) in [6.07, 6.45) is 4.10. The molecule has 3 heterocycles. The maximum absolute atomic E-state index is 12.6. The molecule has 8 N–H and O–H groups in total. The Balaban J connectivity index is 1.74. The molecule has 1 amide bonds. The van der Waals surface area contributed by atoms with Gasteiger partial charge in [0.05, 0.1) is 49.2 Å². The lowest BCUT2D eigenvalue weighted by atomic mass is 9.72. The van der Waals surface area contributed by atoms with Crippen molar-refractivity contribution >= 4 is 19.8 Å². The van der Waals surface area contributed by atoms with Crippen molar-refractivity contribution in [3.05, 3.63) is 71.0 Å². The van der Waals surface area contributed by atoms with Crippen LogP contribution in [0.2, 0.25) is 0 Å². The molecule has 2 saturated heterocycles. The van der Waals surface area contributed by atoms with Crippen LogP contribution in [0.25, 0.3) is 6.08 Å². The third-order valence-corrected chi connectivity index (χ3v) is 14.5. The van der Waals surface area contributed by atoms with Gasteiger partial charge in [0.15, 0.2) is 17.8 Å². The quantitative estimate of drug-likeness (QED) is 0.0355. The smallest absolute Gasteiger partial charge is 0.448 e. The van der Waals surface area contributed by atoms with Crippen LogP contribution in [0.15, 0.2) is 63.9 Å². The van der Waals surface area contributed by atoms with E-state index in [4.69, 9.17) is 33.2 Å². The third kappa shape index (κ3) is 16.3.